The lowest BCUT2D eigenvalue weighted by molar-refractivity contribution is 0.0979. The van der Waals surface area contributed by atoms with E-state index in [1.165, 1.54) is 5.56 Å². The Balaban J connectivity index is 1.76. The highest BCUT2D eigenvalue weighted by molar-refractivity contribution is 7.22. The Morgan fingerprint density at radius 3 is 2.53 bits per heavy atom. The largest absolute Gasteiger partial charge is 0.280 e. The highest BCUT2D eigenvalue weighted by Crippen LogP contribution is 2.31. The van der Waals surface area contributed by atoms with E-state index >= 15 is 0 Å². The first-order valence-corrected chi connectivity index (χ1v) is 11.1. The third kappa shape index (κ3) is 4.00. The average molecular weight is 419 g/mol. The molecular formula is C24H26N4OS. The minimum Gasteiger partial charge on any atom is -0.278 e. The summed E-state index contributed by atoms with van der Waals surface area (Å²) >= 11 is 1.55. The van der Waals surface area contributed by atoms with Crippen molar-refractivity contribution < 1.29 is 4.79 Å². The highest BCUT2D eigenvalue weighted by atomic mass is 32.1. The van der Waals surface area contributed by atoms with Crippen LogP contribution in [0.4, 0.5) is 5.13 Å². The second-order valence-corrected chi connectivity index (χ2v) is 8.75. The van der Waals surface area contributed by atoms with Crippen LogP contribution in [0.15, 0.2) is 54.6 Å². The van der Waals surface area contributed by atoms with Crippen molar-refractivity contribution in [3.05, 3.63) is 77.1 Å². The van der Waals surface area contributed by atoms with Crippen LogP contribution in [-0.2, 0) is 13.0 Å². The molecule has 0 aliphatic heterocycles. The maximum Gasteiger partial charge on any atom is 0.280 e. The van der Waals surface area contributed by atoms with Gasteiger partial charge in [0.1, 0.15) is 0 Å². The molecule has 2 aromatic heterocycles. The van der Waals surface area contributed by atoms with Crippen molar-refractivity contribution in [1.82, 2.24) is 14.8 Å². The third-order valence-corrected chi connectivity index (χ3v) is 6.18. The molecular weight excluding hydrogens is 392 g/mol. The molecule has 0 atom stereocenters. The Morgan fingerprint density at radius 2 is 1.87 bits per heavy atom. The second-order valence-electron chi connectivity index (χ2n) is 7.74. The molecule has 2 heterocycles. The molecule has 0 aliphatic rings. The maximum absolute atomic E-state index is 13.6. The van der Waals surface area contributed by atoms with Gasteiger partial charge in [-0.25, -0.2) is 4.98 Å². The number of fused-ring (bicyclic) bond motifs is 1. The van der Waals surface area contributed by atoms with Crippen molar-refractivity contribution in [3.8, 4) is 0 Å². The van der Waals surface area contributed by atoms with Gasteiger partial charge in [0, 0.05) is 11.7 Å². The molecule has 154 valence electrons. The van der Waals surface area contributed by atoms with E-state index < -0.39 is 0 Å². The van der Waals surface area contributed by atoms with Gasteiger partial charge in [-0.1, -0.05) is 54.7 Å². The van der Waals surface area contributed by atoms with Crippen molar-refractivity contribution in [2.45, 2.75) is 46.7 Å². The van der Waals surface area contributed by atoms with Crippen molar-refractivity contribution in [3.63, 3.8) is 0 Å². The zero-order valence-corrected chi connectivity index (χ0v) is 18.6. The number of aryl methyl sites for hydroxylation is 2. The van der Waals surface area contributed by atoms with Crippen LogP contribution in [0.3, 0.4) is 0 Å². The summed E-state index contributed by atoms with van der Waals surface area (Å²) in [5.41, 5.74) is 4.67. The maximum atomic E-state index is 13.6. The number of anilines is 1. The molecule has 0 aliphatic carbocycles. The first kappa shape index (κ1) is 20.3. The molecule has 0 radical (unpaired) electrons. The Labute approximate surface area is 181 Å². The SMILES string of the molecule is CCc1ccc2nc(N(Cc3ccccc3)C(=O)c3cc(C)n(C(C)C)n3)sc2c1. The van der Waals surface area contributed by atoms with E-state index in [4.69, 9.17) is 4.98 Å². The minimum absolute atomic E-state index is 0.129. The molecule has 6 heteroatoms. The number of amides is 1. The van der Waals surface area contributed by atoms with E-state index in [2.05, 4.69) is 38.0 Å². The second kappa shape index (κ2) is 8.40. The molecule has 4 aromatic rings. The average Bonchev–Trinajstić information content (AvgIpc) is 3.35. The van der Waals surface area contributed by atoms with E-state index in [9.17, 15) is 4.79 Å². The zero-order chi connectivity index (χ0) is 21.3. The number of carbonyl (C=O) groups is 1. The summed E-state index contributed by atoms with van der Waals surface area (Å²) in [5, 5.41) is 5.28. The molecule has 0 spiro atoms. The molecule has 2 aromatic carbocycles. The number of hydrogen-bond acceptors (Lipinski definition) is 4. The monoisotopic (exact) mass is 418 g/mol. The highest BCUT2D eigenvalue weighted by Gasteiger charge is 2.25. The van der Waals surface area contributed by atoms with Gasteiger partial charge in [-0.05, 0) is 56.5 Å². The molecule has 4 rings (SSSR count). The number of aromatic nitrogens is 3. The quantitative estimate of drug-likeness (QED) is 0.398. The fraction of sp³-hybridized carbons (Fsp3) is 0.292. The first-order chi connectivity index (χ1) is 14.5. The lowest BCUT2D eigenvalue weighted by Crippen LogP contribution is -2.30. The van der Waals surface area contributed by atoms with Gasteiger partial charge in [-0.15, -0.1) is 0 Å². The van der Waals surface area contributed by atoms with E-state index in [1.807, 2.05) is 54.1 Å². The van der Waals surface area contributed by atoms with Gasteiger partial charge < -0.3 is 0 Å². The van der Waals surface area contributed by atoms with Gasteiger partial charge >= 0.3 is 0 Å². The molecule has 0 N–H and O–H groups in total. The lowest BCUT2D eigenvalue weighted by Gasteiger charge is -2.19. The van der Waals surface area contributed by atoms with E-state index in [0.29, 0.717) is 17.4 Å². The van der Waals surface area contributed by atoms with E-state index in [0.717, 1.165) is 27.9 Å². The van der Waals surface area contributed by atoms with Crippen molar-refractivity contribution in [2.24, 2.45) is 0 Å². The molecule has 0 fully saturated rings. The third-order valence-electron chi connectivity index (χ3n) is 5.14. The molecule has 0 saturated heterocycles. The van der Waals surface area contributed by atoms with Gasteiger partial charge in [0.2, 0.25) is 0 Å². The Morgan fingerprint density at radius 1 is 1.10 bits per heavy atom. The molecule has 0 unspecified atom stereocenters. The Hall–Kier alpha value is -2.99. The smallest absolute Gasteiger partial charge is 0.278 e. The Kier molecular flexibility index (Phi) is 5.68. The summed E-state index contributed by atoms with van der Waals surface area (Å²) in [6.07, 6.45) is 0.974. The number of hydrogen-bond donors (Lipinski definition) is 0. The summed E-state index contributed by atoms with van der Waals surface area (Å²) in [6.45, 7) is 8.70. The molecule has 30 heavy (non-hydrogen) atoms. The number of nitrogens with zero attached hydrogens (tertiary/aromatic N) is 4. The van der Waals surface area contributed by atoms with Crippen molar-refractivity contribution in [1.29, 1.82) is 0 Å². The number of thiazole rings is 1. The summed E-state index contributed by atoms with van der Waals surface area (Å²) in [5.74, 6) is -0.129. The van der Waals surface area contributed by atoms with E-state index in [1.54, 1.807) is 16.2 Å². The summed E-state index contributed by atoms with van der Waals surface area (Å²) in [6, 6.07) is 18.4. The van der Waals surface area contributed by atoms with Gasteiger partial charge in [-0.2, -0.15) is 5.10 Å². The van der Waals surface area contributed by atoms with Crippen LogP contribution < -0.4 is 4.90 Å². The van der Waals surface area contributed by atoms with Gasteiger partial charge in [0.05, 0.1) is 16.8 Å². The molecule has 0 bridgehead atoms. The topological polar surface area (TPSA) is 51.0 Å². The normalized spacial score (nSPS) is 11.4. The zero-order valence-electron chi connectivity index (χ0n) is 17.8. The first-order valence-electron chi connectivity index (χ1n) is 10.3. The predicted molar refractivity (Wildman–Crippen MR) is 123 cm³/mol. The minimum atomic E-state index is -0.129. The Bertz CT molecular complexity index is 1180. The lowest BCUT2D eigenvalue weighted by atomic mass is 10.2. The van der Waals surface area contributed by atoms with Crippen LogP contribution in [0.2, 0.25) is 0 Å². The number of benzene rings is 2. The predicted octanol–water partition coefficient (Wildman–Crippen LogP) is 5.79. The molecule has 0 saturated carbocycles. The summed E-state index contributed by atoms with van der Waals surface area (Å²) in [7, 11) is 0. The van der Waals surface area contributed by atoms with Crippen LogP contribution >= 0.6 is 11.3 Å². The van der Waals surface area contributed by atoms with E-state index in [-0.39, 0.29) is 11.9 Å². The van der Waals surface area contributed by atoms with Crippen LogP contribution in [0.1, 0.15) is 54.1 Å². The van der Waals surface area contributed by atoms with Crippen LogP contribution in [0, 0.1) is 6.92 Å². The van der Waals surface area contributed by atoms with Crippen molar-refractivity contribution in [2.75, 3.05) is 4.90 Å². The number of rotatable bonds is 6. The number of carbonyl (C=O) groups excluding carboxylic acids is 1. The molecule has 5 nitrogen and oxygen atoms in total. The summed E-state index contributed by atoms with van der Waals surface area (Å²) < 4.78 is 2.99. The van der Waals surface area contributed by atoms with Crippen molar-refractivity contribution >= 4 is 32.6 Å². The van der Waals surface area contributed by atoms with Gasteiger partial charge in [-0.3, -0.25) is 14.4 Å². The fourth-order valence-electron chi connectivity index (χ4n) is 3.54. The van der Waals surface area contributed by atoms with Crippen LogP contribution in [-0.4, -0.2) is 20.7 Å². The van der Waals surface area contributed by atoms with Gasteiger partial charge in [0.15, 0.2) is 10.8 Å². The molecule has 1 amide bonds. The summed E-state index contributed by atoms with van der Waals surface area (Å²) in [4.78, 5) is 20.1. The van der Waals surface area contributed by atoms with Crippen LogP contribution in [0.5, 0.6) is 0 Å². The fourth-order valence-corrected chi connectivity index (χ4v) is 4.56. The van der Waals surface area contributed by atoms with Crippen LogP contribution in [0.25, 0.3) is 10.2 Å². The van der Waals surface area contributed by atoms with Gasteiger partial charge in [0.25, 0.3) is 5.91 Å². The standard InChI is InChI=1S/C24H26N4OS/c1-5-18-11-12-20-22(14-18)30-24(25-20)27(15-19-9-7-6-8-10-19)23(29)21-13-17(4)28(26-21)16(2)3/h6-14,16H,5,15H2,1-4H3.